The van der Waals surface area contributed by atoms with Crippen molar-refractivity contribution >= 4 is 5.82 Å². The van der Waals surface area contributed by atoms with Gasteiger partial charge in [0.15, 0.2) is 5.82 Å². The van der Waals surface area contributed by atoms with Crippen LogP contribution in [0.2, 0.25) is 0 Å². The van der Waals surface area contributed by atoms with Crippen molar-refractivity contribution in [3.63, 3.8) is 0 Å². The molecule has 0 spiro atoms. The molecule has 4 heteroatoms. The summed E-state index contributed by atoms with van der Waals surface area (Å²) in [6.45, 7) is 10.3. The minimum Gasteiger partial charge on any atom is -0.353 e. The van der Waals surface area contributed by atoms with Crippen molar-refractivity contribution in [2.45, 2.75) is 34.1 Å². The molecule has 0 aromatic carbocycles. The van der Waals surface area contributed by atoms with Crippen LogP contribution in [0.15, 0.2) is 0 Å². The van der Waals surface area contributed by atoms with Gasteiger partial charge in [-0.15, -0.1) is 5.10 Å². The maximum absolute atomic E-state index is 9.34. The van der Waals surface area contributed by atoms with Gasteiger partial charge in [-0.1, -0.05) is 13.8 Å². The highest BCUT2D eigenvalue weighted by Gasteiger charge is 2.25. The lowest BCUT2D eigenvalue weighted by Crippen LogP contribution is -2.39. The van der Waals surface area contributed by atoms with Crippen LogP contribution in [0.25, 0.3) is 0 Å². The highest BCUT2D eigenvalue weighted by molar-refractivity contribution is 5.57. The Kier molecular flexibility index (Phi) is 3.51. The summed E-state index contributed by atoms with van der Waals surface area (Å²) in [7, 11) is 0. The van der Waals surface area contributed by atoms with E-state index in [9.17, 15) is 5.26 Å². The molecular weight excluding hydrogens is 224 g/mol. The Hall–Kier alpha value is -1.63. The highest BCUT2D eigenvalue weighted by Crippen LogP contribution is 2.28. The maximum atomic E-state index is 9.34. The van der Waals surface area contributed by atoms with Gasteiger partial charge in [0.05, 0.1) is 5.69 Å². The van der Waals surface area contributed by atoms with Gasteiger partial charge in [-0.3, -0.25) is 0 Å². The first-order valence-electron chi connectivity index (χ1n) is 6.51. The molecule has 2 atom stereocenters. The quantitative estimate of drug-likeness (QED) is 0.761. The van der Waals surface area contributed by atoms with Crippen LogP contribution < -0.4 is 4.90 Å². The lowest BCUT2D eigenvalue weighted by Gasteiger charge is -2.36. The largest absolute Gasteiger partial charge is 0.353 e. The van der Waals surface area contributed by atoms with Crippen molar-refractivity contribution in [3.05, 3.63) is 16.8 Å². The summed E-state index contributed by atoms with van der Waals surface area (Å²) in [4.78, 5) is 2.22. The summed E-state index contributed by atoms with van der Waals surface area (Å²) in [5.74, 6) is 2.05. The lowest BCUT2D eigenvalue weighted by molar-refractivity contribution is 0.354. The van der Waals surface area contributed by atoms with Crippen molar-refractivity contribution < 1.29 is 0 Å². The molecule has 0 bridgehead atoms. The zero-order valence-electron chi connectivity index (χ0n) is 11.6. The monoisotopic (exact) mass is 244 g/mol. The van der Waals surface area contributed by atoms with Gasteiger partial charge in [0.25, 0.3) is 0 Å². The molecule has 2 heterocycles. The van der Waals surface area contributed by atoms with Crippen molar-refractivity contribution in [1.82, 2.24) is 10.2 Å². The fourth-order valence-electron chi connectivity index (χ4n) is 2.79. The average molecular weight is 244 g/mol. The van der Waals surface area contributed by atoms with E-state index in [0.717, 1.165) is 30.2 Å². The fourth-order valence-corrected chi connectivity index (χ4v) is 2.79. The van der Waals surface area contributed by atoms with E-state index in [1.54, 1.807) is 0 Å². The number of nitriles is 1. The molecule has 0 N–H and O–H groups in total. The number of aromatic nitrogens is 2. The Labute approximate surface area is 109 Å². The van der Waals surface area contributed by atoms with Crippen LogP contribution in [0.5, 0.6) is 0 Å². The molecular formula is C14H20N4. The van der Waals surface area contributed by atoms with Gasteiger partial charge in [-0.2, -0.15) is 10.4 Å². The van der Waals surface area contributed by atoms with Crippen LogP contribution in [0.4, 0.5) is 5.82 Å². The van der Waals surface area contributed by atoms with E-state index in [1.165, 1.54) is 6.42 Å². The van der Waals surface area contributed by atoms with Crippen LogP contribution in [0.3, 0.4) is 0 Å². The molecule has 0 aliphatic carbocycles. The van der Waals surface area contributed by atoms with E-state index < -0.39 is 0 Å². The molecule has 1 aliphatic heterocycles. The molecule has 18 heavy (non-hydrogen) atoms. The number of nitrogens with zero attached hydrogens (tertiary/aromatic N) is 4. The van der Waals surface area contributed by atoms with Crippen molar-refractivity contribution in [2.24, 2.45) is 11.8 Å². The Morgan fingerprint density at radius 2 is 1.78 bits per heavy atom. The Bertz CT molecular complexity index is 479. The van der Waals surface area contributed by atoms with Crippen molar-refractivity contribution in [1.29, 1.82) is 5.26 Å². The fraction of sp³-hybridized carbons (Fsp3) is 0.643. The van der Waals surface area contributed by atoms with Crippen LogP contribution in [-0.4, -0.2) is 23.3 Å². The van der Waals surface area contributed by atoms with Gasteiger partial charge in [0.1, 0.15) is 11.6 Å². The molecule has 0 amide bonds. The molecule has 1 saturated heterocycles. The molecule has 0 saturated carbocycles. The number of hydrogen-bond acceptors (Lipinski definition) is 4. The molecule has 2 unspecified atom stereocenters. The predicted molar refractivity (Wildman–Crippen MR) is 71.4 cm³/mol. The van der Waals surface area contributed by atoms with Gasteiger partial charge >= 0.3 is 0 Å². The first kappa shape index (κ1) is 12.8. The smallest absolute Gasteiger partial charge is 0.169 e. The third-order valence-corrected chi connectivity index (χ3v) is 3.72. The Morgan fingerprint density at radius 1 is 1.17 bits per heavy atom. The normalized spacial score (nSPS) is 23.8. The molecule has 4 nitrogen and oxygen atoms in total. The maximum Gasteiger partial charge on any atom is 0.169 e. The van der Waals surface area contributed by atoms with E-state index in [0.29, 0.717) is 17.4 Å². The van der Waals surface area contributed by atoms with Crippen molar-refractivity contribution in [3.8, 4) is 6.07 Å². The second-order valence-electron chi connectivity index (χ2n) is 5.57. The molecule has 1 aliphatic rings. The van der Waals surface area contributed by atoms with Crippen LogP contribution in [-0.2, 0) is 0 Å². The molecule has 1 fully saturated rings. The number of anilines is 1. The molecule has 1 aromatic heterocycles. The summed E-state index contributed by atoms with van der Waals surface area (Å²) in [6, 6.07) is 2.29. The van der Waals surface area contributed by atoms with Crippen LogP contribution >= 0.6 is 0 Å². The third kappa shape index (κ3) is 2.31. The summed E-state index contributed by atoms with van der Waals surface area (Å²) in [5, 5.41) is 17.8. The van der Waals surface area contributed by atoms with Gasteiger partial charge in [-0.05, 0) is 37.7 Å². The molecule has 1 aromatic rings. The molecule has 96 valence electrons. The molecule has 0 radical (unpaired) electrons. The predicted octanol–water partition coefficient (Wildman–Crippen LogP) is 2.45. The topological polar surface area (TPSA) is 52.8 Å². The van der Waals surface area contributed by atoms with E-state index in [2.05, 4.69) is 35.0 Å². The van der Waals surface area contributed by atoms with E-state index in [4.69, 9.17) is 0 Å². The standard InChI is InChI=1S/C14H20N4/c1-9-5-10(2)8-18(7-9)14-13(6-15)11(3)12(4)16-17-14/h9-10H,5,7-8H2,1-4H3. The highest BCUT2D eigenvalue weighted by atomic mass is 15.3. The van der Waals surface area contributed by atoms with Gasteiger partial charge in [0, 0.05) is 13.1 Å². The average Bonchev–Trinajstić information content (AvgIpc) is 2.31. The summed E-state index contributed by atoms with van der Waals surface area (Å²) in [6.07, 6.45) is 1.25. The van der Waals surface area contributed by atoms with Gasteiger partial charge < -0.3 is 4.90 Å². The zero-order chi connectivity index (χ0) is 13.3. The first-order valence-corrected chi connectivity index (χ1v) is 6.51. The number of aryl methyl sites for hydroxylation is 1. The van der Waals surface area contributed by atoms with Gasteiger partial charge in [-0.25, -0.2) is 0 Å². The summed E-state index contributed by atoms with van der Waals surface area (Å²) < 4.78 is 0. The SMILES string of the molecule is Cc1nnc(N2CC(C)CC(C)C2)c(C#N)c1C. The van der Waals surface area contributed by atoms with Crippen LogP contribution in [0, 0.1) is 37.0 Å². The van der Waals surface area contributed by atoms with E-state index >= 15 is 0 Å². The van der Waals surface area contributed by atoms with Crippen molar-refractivity contribution in [2.75, 3.05) is 18.0 Å². The second-order valence-corrected chi connectivity index (χ2v) is 5.57. The molecule has 2 rings (SSSR count). The minimum absolute atomic E-state index is 0.642. The van der Waals surface area contributed by atoms with Gasteiger partial charge in [0.2, 0.25) is 0 Å². The van der Waals surface area contributed by atoms with Crippen LogP contribution in [0.1, 0.15) is 37.1 Å². The zero-order valence-corrected chi connectivity index (χ0v) is 11.6. The number of rotatable bonds is 1. The second kappa shape index (κ2) is 4.93. The third-order valence-electron chi connectivity index (χ3n) is 3.72. The Morgan fingerprint density at radius 3 is 2.33 bits per heavy atom. The lowest BCUT2D eigenvalue weighted by atomic mass is 9.91. The number of piperidine rings is 1. The summed E-state index contributed by atoms with van der Waals surface area (Å²) >= 11 is 0. The Balaban J connectivity index is 2.39. The van der Waals surface area contributed by atoms with E-state index in [-0.39, 0.29) is 0 Å². The first-order chi connectivity index (χ1) is 8.52. The van der Waals surface area contributed by atoms with E-state index in [1.807, 2.05) is 13.8 Å². The number of hydrogen-bond donors (Lipinski definition) is 0. The minimum atomic E-state index is 0.642. The summed E-state index contributed by atoms with van der Waals surface area (Å²) in [5.41, 5.74) is 2.48.